The molecule has 0 saturated carbocycles. The van der Waals surface area contributed by atoms with Gasteiger partial charge < -0.3 is 4.74 Å². The van der Waals surface area contributed by atoms with E-state index in [0.29, 0.717) is 5.13 Å². The van der Waals surface area contributed by atoms with Crippen molar-refractivity contribution in [3.63, 3.8) is 0 Å². The van der Waals surface area contributed by atoms with Crippen molar-refractivity contribution < 1.29 is 14.3 Å². The van der Waals surface area contributed by atoms with Crippen LogP contribution < -0.4 is 5.32 Å². The van der Waals surface area contributed by atoms with Gasteiger partial charge in [0.15, 0.2) is 5.13 Å². The second kappa shape index (κ2) is 7.51. The molecule has 2 aromatic rings. The molecule has 0 aliphatic carbocycles. The van der Waals surface area contributed by atoms with Crippen LogP contribution in [0.15, 0.2) is 36.4 Å². The molecule has 0 saturated heterocycles. The van der Waals surface area contributed by atoms with Crippen molar-refractivity contribution in [1.82, 2.24) is 4.98 Å². The van der Waals surface area contributed by atoms with Crippen LogP contribution in [0.5, 0.6) is 0 Å². The third-order valence-electron chi connectivity index (χ3n) is 2.88. The molecule has 0 atom stereocenters. The Morgan fingerprint density at radius 2 is 2.05 bits per heavy atom. The summed E-state index contributed by atoms with van der Waals surface area (Å²) in [6.45, 7) is 1.80. The maximum Gasteiger partial charge on any atom is 0.310 e. The molecular weight excluding hydrogens is 300 g/mol. The normalized spacial score (nSPS) is 10.6. The van der Waals surface area contributed by atoms with Crippen molar-refractivity contribution in [2.45, 2.75) is 13.3 Å². The third-order valence-corrected chi connectivity index (χ3v) is 3.95. The number of aromatic nitrogens is 1. The van der Waals surface area contributed by atoms with Crippen LogP contribution in [0.25, 0.3) is 6.08 Å². The molecule has 22 heavy (non-hydrogen) atoms. The van der Waals surface area contributed by atoms with Gasteiger partial charge in [-0.1, -0.05) is 30.3 Å². The van der Waals surface area contributed by atoms with Gasteiger partial charge >= 0.3 is 5.97 Å². The Labute approximate surface area is 132 Å². The number of carbonyl (C=O) groups excluding carboxylic acids is 2. The maximum absolute atomic E-state index is 11.9. The first-order valence-corrected chi connectivity index (χ1v) is 7.47. The van der Waals surface area contributed by atoms with Crippen LogP contribution >= 0.6 is 11.3 Å². The van der Waals surface area contributed by atoms with Gasteiger partial charge in [-0.15, -0.1) is 11.3 Å². The number of aryl methyl sites for hydroxylation is 1. The predicted octanol–water partition coefficient (Wildman–Crippen LogP) is 2.82. The summed E-state index contributed by atoms with van der Waals surface area (Å²) in [4.78, 5) is 28.2. The quantitative estimate of drug-likeness (QED) is 0.680. The molecular formula is C16H16N2O3S. The smallest absolute Gasteiger partial charge is 0.310 e. The molecule has 0 bridgehead atoms. The van der Waals surface area contributed by atoms with Crippen LogP contribution in [-0.4, -0.2) is 24.0 Å². The predicted molar refractivity (Wildman–Crippen MR) is 86.7 cm³/mol. The Bertz CT molecular complexity index is 693. The molecule has 2 rings (SSSR count). The molecule has 1 amide bonds. The van der Waals surface area contributed by atoms with E-state index >= 15 is 0 Å². The number of benzene rings is 1. The minimum absolute atomic E-state index is 0.162. The van der Waals surface area contributed by atoms with Crippen molar-refractivity contribution in [2.75, 3.05) is 12.4 Å². The number of rotatable bonds is 5. The average molecular weight is 316 g/mol. The molecule has 1 aromatic carbocycles. The molecule has 0 spiro atoms. The van der Waals surface area contributed by atoms with Crippen LogP contribution in [0, 0.1) is 6.92 Å². The second-order valence-corrected chi connectivity index (χ2v) is 5.60. The van der Waals surface area contributed by atoms with Gasteiger partial charge in [-0.3, -0.25) is 14.9 Å². The van der Waals surface area contributed by atoms with Gasteiger partial charge in [0.05, 0.1) is 19.2 Å². The summed E-state index contributed by atoms with van der Waals surface area (Å²) in [5, 5.41) is 3.17. The zero-order valence-electron chi connectivity index (χ0n) is 12.3. The summed E-state index contributed by atoms with van der Waals surface area (Å²) in [5.74, 6) is -0.587. The molecule has 1 heterocycles. The monoisotopic (exact) mass is 316 g/mol. The molecule has 6 heteroatoms. The largest absolute Gasteiger partial charge is 0.469 e. The number of hydrogen-bond acceptors (Lipinski definition) is 5. The molecule has 0 unspecified atom stereocenters. The fourth-order valence-electron chi connectivity index (χ4n) is 1.73. The van der Waals surface area contributed by atoms with Crippen molar-refractivity contribution in [3.05, 3.63) is 52.5 Å². The van der Waals surface area contributed by atoms with Crippen LogP contribution in [-0.2, 0) is 20.7 Å². The van der Waals surface area contributed by atoms with E-state index in [0.717, 1.165) is 16.1 Å². The molecule has 0 radical (unpaired) electrons. The van der Waals surface area contributed by atoms with E-state index < -0.39 is 0 Å². The highest BCUT2D eigenvalue weighted by molar-refractivity contribution is 7.16. The van der Waals surface area contributed by atoms with Crippen molar-refractivity contribution in [3.8, 4) is 0 Å². The fourth-order valence-corrected chi connectivity index (χ4v) is 2.68. The number of carbonyl (C=O) groups is 2. The third kappa shape index (κ3) is 4.53. The molecule has 114 valence electrons. The second-order valence-electron chi connectivity index (χ2n) is 4.51. The number of thiazole rings is 1. The molecule has 0 fully saturated rings. The fraction of sp³-hybridized carbons (Fsp3) is 0.188. The maximum atomic E-state index is 11.9. The average Bonchev–Trinajstić information content (AvgIpc) is 2.85. The lowest BCUT2D eigenvalue weighted by atomic mass is 10.2. The number of amides is 1. The highest BCUT2D eigenvalue weighted by atomic mass is 32.1. The van der Waals surface area contributed by atoms with Crippen molar-refractivity contribution in [2.24, 2.45) is 0 Å². The van der Waals surface area contributed by atoms with Gasteiger partial charge in [0, 0.05) is 11.0 Å². The number of esters is 1. The first-order valence-electron chi connectivity index (χ1n) is 6.65. The van der Waals surface area contributed by atoms with E-state index in [1.54, 1.807) is 13.0 Å². The van der Waals surface area contributed by atoms with E-state index in [1.807, 2.05) is 30.3 Å². The van der Waals surface area contributed by atoms with Gasteiger partial charge in [-0.05, 0) is 18.6 Å². The highest BCUT2D eigenvalue weighted by Crippen LogP contribution is 2.23. The van der Waals surface area contributed by atoms with Crippen molar-refractivity contribution in [1.29, 1.82) is 0 Å². The van der Waals surface area contributed by atoms with E-state index in [9.17, 15) is 9.59 Å². The summed E-state index contributed by atoms with van der Waals surface area (Å²) in [5.41, 5.74) is 1.66. The zero-order valence-corrected chi connectivity index (χ0v) is 13.1. The number of nitrogens with one attached hydrogen (secondary N) is 1. The Morgan fingerprint density at radius 1 is 1.32 bits per heavy atom. The molecule has 0 aliphatic rings. The minimum Gasteiger partial charge on any atom is -0.469 e. The Morgan fingerprint density at radius 3 is 2.73 bits per heavy atom. The number of ether oxygens (including phenoxy) is 1. The van der Waals surface area contributed by atoms with Gasteiger partial charge in [0.25, 0.3) is 0 Å². The molecule has 1 aromatic heterocycles. The number of nitrogens with zero attached hydrogens (tertiary/aromatic N) is 1. The summed E-state index contributed by atoms with van der Waals surface area (Å²) >= 11 is 1.28. The van der Waals surface area contributed by atoms with Gasteiger partial charge in [-0.2, -0.15) is 0 Å². The number of anilines is 1. The topological polar surface area (TPSA) is 68.3 Å². The van der Waals surface area contributed by atoms with Crippen LogP contribution in [0.4, 0.5) is 5.13 Å². The summed E-state index contributed by atoms with van der Waals surface area (Å²) in [7, 11) is 1.34. The lowest BCUT2D eigenvalue weighted by Gasteiger charge is -1.96. The lowest BCUT2D eigenvalue weighted by molar-refractivity contribution is -0.139. The first-order chi connectivity index (χ1) is 10.6. The van der Waals surface area contributed by atoms with E-state index in [1.165, 1.54) is 24.5 Å². The Kier molecular flexibility index (Phi) is 5.43. The van der Waals surface area contributed by atoms with Gasteiger partial charge in [-0.25, -0.2) is 4.98 Å². The zero-order chi connectivity index (χ0) is 15.9. The van der Waals surface area contributed by atoms with E-state index in [-0.39, 0.29) is 18.3 Å². The SMILES string of the molecule is COC(=O)Cc1sc(NC(=O)/C=C/c2ccccc2)nc1C. The molecule has 1 N–H and O–H groups in total. The molecule has 5 nitrogen and oxygen atoms in total. The van der Waals surface area contributed by atoms with E-state index in [2.05, 4.69) is 15.0 Å². The summed E-state index contributed by atoms with van der Waals surface area (Å²) in [6.07, 6.45) is 3.34. The van der Waals surface area contributed by atoms with Crippen LogP contribution in [0.1, 0.15) is 16.1 Å². The Hall–Kier alpha value is -2.47. The summed E-state index contributed by atoms with van der Waals surface area (Å²) in [6, 6.07) is 9.54. The summed E-state index contributed by atoms with van der Waals surface area (Å²) < 4.78 is 4.63. The highest BCUT2D eigenvalue weighted by Gasteiger charge is 2.12. The van der Waals surface area contributed by atoms with Gasteiger partial charge in [0.2, 0.25) is 5.91 Å². The standard InChI is InChI=1S/C16H16N2O3S/c1-11-13(10-15(20)21-2)22-16(17-11)18-14(19)9-8-12-6-4-3-5-7-12/h3-9H,10H2,1-2H3,(H,17,18,19)/b9-8+. The van der Waals surface area contributed by atoms with Gasteiger partial charge in [0.1, 0.15) is 0 Å². The Balaban J connectivity index is 1.98. The number of hydrogen-bond donors (Lipinski definition) is 1. The van der Waals surface area contributed by atoms with E-state index in [4.69, 9.17) is 0 Å². The lowest BCUT2D eigenvalue weighted by Crippen LogP contribution is -2.07. The van der Waals surface area contributed by atoms with Crippen LogP contribution in [0.2, 0.25) is 0 Å². The minimum atomic E-state index is -0.325. The van der Waals surface area contributed by atoms with Crippen LogP contribution in [0.3, 0.4) is 0 Å². The molecule has 0 aliphatic heterocycles. The first kappa shape index (κ1) is 15.9. The number of methoxy groups -OCH3 is 1. The van der Waals surface area contributed by atoms with Crippen molar-refractivity contribution >= 4 is 34.4 Å².